The molecule has 0 saturated carbocycles. The van der Waals surface area contributed by atoms with Crippen LogP contribution in [-0.2, 0) is 10.9 Å². The zero-order valence-corrected chi connectivity index (χ0v) is 9.17. The highest BCUT2D eigenvalue weighted by atomic mass is 19.4. The Morgan fingerprint density at radius 2 is 2.06 bits per heavy atom. The fourth-order valence-electron chi connectivity index (χ4n) is 1.18. The first-order chi connectivity index (χ1) is 7.86. The number of esters is 1. The van der Waals surface area contributed by atoms with Gasteiger partial charge in [-0.1, -0.05) is 6.92 Å². The quantitative estimate of drug-likeness (QED) is 0.660. The second-order valence-electron chi connectivity index (χ2n) is 3.44. The van der Waals surface area contributed by atoms with Crippen LogP contribution in [0.1, 0.15) is 29.3 Å². The molecule has 0 bridgehead atoms. The first-order valence-corrected chi connectivity index (χ1v) is 5.00. The van der Waals surface area contributed by atoms with Crippen molar-refractivity contribution in [1.82, 2.24) is 0 Å². The molecule has 1 rings (SSSR count). The summed E-state index contributed by atoms with van der Waals surface area (Å²) in [5.74, 6) is -0.838. The zero-order valence-electron chi connectivity index (χ0n) is 9.17. The van der Waals surface area contributed by atoms with Crippen LogP contribution in [0.4, 0.5) is 18.9 Å². The SMILES string of the molecule is CCCOC(=O)c1cc(C(F)(F)F)ccc1N. The second kappa shape index (κ2) is 5.07. The molecule has 0 radical (unpaired) electrons. The molecule has 0 atom stereocenters. The first-order valence-electron chi connectivity index (χ1n) is 5.00. The molecule has 1 aromatic rings. The summed E-state index contributed by atoms with van der Waals surface area (Å²) >= 11 is 0. The maximum atomic E-state index is 12.4. The highest BCUT2D eigenvalue weighted by Gasteiger charge is 2.31. The number of alkyl halides is 3. The van der Waals surface area contributed by atoms with E-state index in [2.05, 4.69) is 0 Å². The summed E-state index contributed by atoms with van der Waals surface area (Å²) in [5.41, 5.74) is 4.23. The number of benzene rings is 1. The third-order valence-corrected chi connectivity index (χ3v) is 2.04. The molecule has 1 aromatic carbocycles. The van der Waals surface area contributed by atoms with Crippen molar-refractivity contribution in [1.29, 1.82) is 0 Å². The van der Waals surface area contributed by atoms with E-state index in [0.717, 1.165) is 12.1 Å². The smallest absolute Gasteiger partial charge is 0.416 e. The number of nitrogens with two attached hydrogens (primary N) is 1. The van der Waals surface area contributed by atoms with Gasteiger partial charge in [-0.05, 0) is 24.6 Å². The lowest BCUT2D eigenvalue weighted by molar-refractivity contribution is -0.137. The Hall–Kier alpha value is -1.72. The number of anilines is 1. The van der Waals surface area contributed by atoms with Crippen LogP contribution in [0.3, 0.4) is 0 Å². The second-order valence-corrected chi connectivity index (χ2v) is 3.44. The molecule has 0 fully saturated rings. The van der Waals surface area contributed by atoms with Crippen molar-refractivity contribution >= 4 is 11.7 Å². The average Bonchev–Trinajstić information content (AvgIpc) is 2.24. The molecule has 0 unspecified atom stereocenters. The van der Waals surface area contributed by atoms with Gasteiger partial charge in [-0.2, -0.15) is 13.2 Å². The normalized spacial score (nSPS) is 11.3. The molecule has 0 aliphatic carbocycles. The fourth-order valence-corrected chi connectivity index (χ4v) is 1.18. The van der Waals surface area contributed by atoms with Gasteiger partial charge in [0, 0.05) is 5.69 Å². The molecule has 17 heavy (non-hydrogen) atoms. The number of hydrogen-bond donors (Lipinski definition) is 1. The summed E-state index contributed by atoms with van der Waals surface area (Å²) in [7, 11) is 0. The fraction of sp³-hybridized carbons (Fsp3) is 0.364. The third-order valence-electron chi connectivity index (χ3n) is 2.04. The van der Waals surface area contributed by atoms with Crippen molar-refractivity contribution in [2.75, 3.05) is 12.3 Å². The molecule has 2 N–H and O–H groups in total. The molecule has 6 heteroatoms. The third kappa shape index (κ3) is 3.37. The number of halogens is 3. The van der Waals surface area contributed by atoms with Gasteiger partial charge in [-0.3, -0.25) is 0 Å². The van der Waals surface area contributed by atoms with Gasteiger partial charge in [-0.25, -0.2) is 4.79 Å². The van der Waals surface area contributed by atoms with E-state index in [0.29, 0.717) is 12.5 Å². The number of nitrogen functional groups attached to an aromatic ring is 1. The zero-order chi connectivity index (χ0) is 13.1. The van der Waals surface area contributed by atoms with Crippen LogP contribution in [0, 0.1) is 0 Å². The van der Waals surface area contributed by atoms with Gasteiger partial charge < -0.3 is 10.5 Å². The Labute approximate surface area is 96.4 Å². The molecule has 0 saturated heterocycles. The summed E-state index contributed by atoms with van der Waals surface area (Å²) in [4.78, 5) is 11.4. The Morgan fingerprint density at radius 1 is 1.41 bits per heavy atom. The van der Waals surface area contributed by atoms with Gasteiger partial charge >= 0.3 is 12.1 Å². The van der Waals surface area contributed by atoms with Crippen LogP contribution in [-0.4, -0.2) is 12.6 Å². The van der Waals surface area contributed by atoms with Crippen LogP contribution in [0.25, 0.3) is 0 Å². The van der Waals surface area contributed by atoms with Gasteiger partial charge in [0.2, 0.25) is 0 Å². The number of carbonyl (C=O) groups excluding carboxylic acids is 1. The highest BCUT2D eigenvalue weighted by molar-refractivity contribution is 5.95. The van der Waals surface area contributed by atoms with Crippen molar-refractivity contribution in [2.45, 2.75) is 19.5 Å². The predicted molar refractivity (Wildman–Crippen MR) is 56.4 cm³/mol. The van der Waals surface area contributed by atoms with Crippen LogP contribution in [0.5, 0.6) is 0 Å². The molecule has 0 aromatic heterocycles. The monoisotopic (exact) mass is 247 g/mol. The molecular formula is C11H12F3NO2. The highest BCUT2D eigenvalue weighted by Crippen LogP contribution is 2.31. The van der Waals surface area contributed by atoms with Crippen LogP contribution < -0.4 is 5.73 Å². The number of carbonyl (C=O) groups is 1. The summed E-state index contributed by atoms with van der Waals surface area (Å²) in [5, 5.41) is 0. The largest absolute Gasteiger partial charge is 0.462 e. The van der Waals surface area contributed by atoms with E-state index in [4.69, 9.17) is 10.5 Å². The van der Waals surface area contributed by atoms with Crippen LogP contribution in [0.15, 0.2) is 18.2 Å². The van der Waals surface area contributed by atoms with E-state index in [1.807, 2.05) is 0 Å². The van der Waals surface area contributed by atoms with Crippen molar-refractivity contribution in [3.8, 4) is 0 Å². The average molecular weight is 247 g/mol. The first kappa shape index (κ1) is 13.3. The predicted octanol–water partition coefficient (Wildman–Crippen LogP) is 2.85. The van der Waals surface area contributed by atoms with Gasteiger partial charge in [-0.15, -0.1) is 0 Å². The van der Waals surface area contributed by atoms with E-state index >= 15 is 0 Å². The van der Waals surface area contributed by atoms with E-state index in [-0.39, 0.29) is 17.9 Å². The van der Waals surface area contributed by atoms with Crippen molar-refractivity contribution in [3.05, 3.63) is 29.3 Å². The van der Waals surface area contributed by atoms with Crippen LogP contribution >= 0.6 is 0 Å². The summed E-state index contributed by atoms with van der Waals surface area (Å²) in [6.07, 6.45) is -3.92. The number of rotatable bonds is 3. The lowest BCUT2D eigenvalue weighted by Crippen LogP contribution is -2.12. The summed E-state index contributed by atoms with van der Waals surface area (Å²) < 4.78 is 42.0. The van der Waals surface area contributed by atoms with Gasteiger partial charge in [0.05, 0.1) is 17.7 Å². The van der Waals surface area contributed by atoms with E-state index in [9.17, 15) is 18.0 Å². The Balaban J connectivity index is 3.02. The maximum absolute atomic E-state index is 12.4. The van der Waals surface area contributed by atoms with E-state index in [1.165, 1.54) is 0 Å². The number of hydrogen-bond acceptors (Lipinski definition) is 3. The van der Waals surface area contributed by atoms with Crippen molar-refractivity contribution in [2.24, 2.45) is 0 Å². The van der Waals surface area contributed by atoms with Crippen LogP contribution in [0.2, 0.25) is 0 Å². The molecule has 3 nitrogen and oxygen atoms in total. The Bertz CT molecular complexity index is 416. The molecule has 0 aliphatic rings. The Morgan fingerprint density at radius 3 is 2.59 bits per heavy atom. The molecule has 0 amide bonds. The minimum Gasteiger partial charge on any atom is -0.462 e. The maximum Gasteiger partial charge on any atom is 0.416 e. The topological polar surface area (TPSA) is 52.3 Å². The summed E-state index contributed by atoms with van der Waals surface area (Å²) in [6.45, 7) is 1.93. The number of ether oxygens (including phenoxy) is 1. The molecule has 0 heterocycles. The molecular weight excluding hydrogens is 235 g/mol. The van der Waals surface area contributed by atoms with Gasteiger partial charge in [0.1, 0.15) is 0 Å². The molecule has 94 valence electrons. The van der Waals surface area contributed by atoms with Crippen molar-refractivity contribution < 1.29 is 22.7 Å². The molecule has 0 spiro atoms. The Kier molecular flexibility index (Phi) is 3.98. The van der Waals surface area contributed by atoms with Gasteiger partial charge in [0.25, 0.3) is 0 Å². The standard InChI is InChI=1S/C11H12F3NO2/c1-2-5-17-10(16)8-6-7(11(12,13)14)3-4-9(8)15/h3-4,6H,2,5,15H2,1H3. The lowest BCUT2D eigenvalue weighted by Gasteiger charge is -2.10. The lowest BCUT2D eigenvalue weighted by atomic mass is 10.1. The minimum absolute atomic E-state index is 0.0286. The minimum atomic E-state index is -4.51. The van der Waals surface area contributed by atoms with Crippen molar-refractivity contribution in [3.63, 3.8) is 0 Å². The van der Waals surface area contributed by atoms with Gasteiger partial charge in [0.15, 0.2) is 0 Å². The van der Waals surface area contributed by atoms with E-state index in [1.54, 1.807) is 6.92 Å². The molecule has 0 aliphatic heterocycles. The van der Waals surface area contributed by atoms with E-state index < -0.39 is 17.7 Å². The summed E-state index contributed by atoms with van der Waals surface area (Å²) in [6, 6.07) is 2.57.